The van der Waals surface area contributed by atoms with Gasteiger partial charge in [0, 0.05) is 17.8 Å². The summed E-state index contributed by atoms with van der Waals surface area (Å²) in [5, 5.41) is 14.1. The lowest BCUT2D eigenvalue weighted by molar-refractivity contribution is -0.113. The number of anilines is 1. The van der Waals surface area contributed by atoms with Crippen molar-refractivity contribution in [2.75, 3.05) is 11.1 Å². The summed E-state index contributed by atoms with van der Waals surface area (Å²) < 4.78 is 1.86. The van der Waals surface area contributed by atoms with Crippen LogP contribution in [-0.4, -0.2) is 31.4 Å². The smallest absolute Gasteiger partial charge is 0.236 e. The molecule has 6 nitrogen and oxygen atoms in total. The highest BCUT2D eigenvalue weighted by atomic mass is 32.2. The molecule has 0 aromatic carbocycles. The van der Waals surface area contributed by atoms with Gasteiger partial charge in [0.2, 0.25) is 5.91 Å². The van der Waals surface area contributed by atoms with Crippen LogP contribution in [0.3, 0.4) is 0 Å². The molecule has 0 saturated carbocycles. The van der Waals surface area contributed by atoms with Gasteiger partial charge in [-0.2, -0.15) is 0 Å². The number of rotatable bonds is 4. The van der Waals surface area contributed by atoms with E-state index in [1.807, 2.05) is 23.9 Å². The van der Waals surface area contributed by atoms with Crippen LogP contribution in [0.2, 0.25) is 0 Å². The van der Waals surface area contributed by atoms with E-state index in [2.05, 4.69) is 41.3 Å². The van der Waals surface area contributed by atoms with Gasteiger partial charge in [-0.1, -0.05) is 32.5 Å². The normalized spacial score (nSPS) is 11.7. The molecule has 0 unspecified atom stereocenters. The summed E-state index contributed by atoms with van der Waals surface area (Å²) in [6, 6.07) is 0. The highest BCUT2D eigenvalue weighted by Crippen LogP contribution is 2.26. The van der Waals surface area contributed by atoms with E-state index < -0.39 is 0 Å². The van der Waals surface area contributed by atoms with Gasteiger partial charge in [0.1, 0.15) is 5.82 Å². The van der Waals surface area contributed by atoms with Crippen LogP contribution in [-0.2, 0) is 17.3 Å². The summed E-state index contributed by atoms with van der Waals surface area (Å²) in [4.78, 5) is 16.4. The average molecular weight is 325 g/mol. The summed E-state index contributed by atoms with van der Waals surface area (Å²) in [6.45, 7) is 8.17. The molecule has 114 valence electrons. The fourth-order valence-corrected chi connectivity index (χ4v) is 3.18. The van der Waals surface area contributed by atoms with Gasteiger partial charge in [0.25, 0.3) is 0 Å². The van der Waals surface area contributed by atoms with Crippen molar-refractivity contribution in [3.63, 3.8) is 0 Å². The van der Waals surface area contributed by atoms with E-state index in [-0.39, 0.29) is 17.1 Å². The first-order valence-electron chi connectivity index (χ1n) is 6.52. The predicted molar refractivity (Wildman–Crippen MR) is 85.9 cm³/mol. The van der Waals surface area contributed by atoms with Gasteiger partial charge in [0.15, 0.2) is 10.3 Å². The van der Waals surface area contributed by atoms with E-state index in [1.165, 1.54) is 23.1 Å². The number of thioether (sulfide) groups is 1. The second-order valence-corrected chi connectivity index (χ2v) is 7.51. The standard InChI is InChI=1S/C13H19N5OS2/c1-8-16-17-12(18(8)5)21-7-10(19)15-11-14-9(6-20-11)13(2,3)4/h6H,7H2,1-5H3,(H,14,15,19). The number of amides is 1. The molecule has 1 N–H and O–H groups in total. The Morgan fingerprint density at radius 2 is 2.14 bits per heavy atom. The van der Waals surface area contributed by atoms with Crippen molar-refractivity contribution in [2.24, 2.45) is 7.05 Å². The van der Waals surface area contributed by atoms with Crippen molar-refractivity contribution in [2.45, 2.75) is 38.3 Å². The SMILES string of the molecule is Cc1nnc(SCC(=O)Nc2nc(C(C)(C)C)cs2)n1C. The third kappa shape index (κ3) is 4.04. The molecule has 0 aliphatic rings. The second-order valence-electron chi connectivity index (χ2n) is 5.71. The minimum Gasteiger partial charge on any atom is -0.309 e. The fourth-order valence-electron chi connectivity index (χ4n) is 1.47. The lowest BCUT2D eigenvalue weighted by Crippen LogP contribution is -2.16. The van der Waals surface area contributed by atoms with Crippen LogP contribution >= 0.6 is 23.1 Å². The van der Waals surface area contributed by atoms with E-state index in [1.54, 1.807) is 0 Å². The molecule has 0 aliphatic carbocycles. The van der Waals surface area contributed by atoms with Gasteiger partial charge in [0.05, 0.1) is 11.4 Å². The summed E-state index contributed by atoms with van der Waals surface area (Å²) in [5.41, 5.74) is 0.976. The quantitative estimate of drug-likeness (QED) is 0.875. The second kappa shape index (κ2) is 6.15. The van der Waals surface area contributed by atoms with Gasteiger partial charge in [-0.15, -0.1) is 21.5 Å². The third-order valence-electron chi connectivity index (χ3n) is 2.90. The van der Waals surface area contributed by atoms with Crippen LogP contribution < -0.4 is 5.32 Å². The molecular weight excluding hydrogens is 306 g/mol. The summed E-state index contributed by atoms with van der Waals surface area (Å²) in [7, 11) is 1.88. The number of hydrogen-bond acceptors (Lipinski definition) is 6. The molecule has 0 radical (unpaired) electrons. The molecule has 0 fully saturated rings. The van der Waals surface area contributed by atoms with Crippen LogP contribution in [0.1, 0.15) is 32.3 Å². The highest BCUT2D eigenvalue weighted by Gasteiger charge is 2.18. The number of nitrogens with one attached hydrogen (secondary N) is 1. The van der Waals surface area contributed by atoms with Crippen molar-refractivity contribution in [1.82, 2.24) is 19.7 Å². The van der Waals surface area contributed by atoms with Crippen LogP contribution in [0.25, 0.3) is 0 Å². The number of aryl methyl sites for hydroxylation is 1. The Morgan fingerprint density at radius 3 is 2.67 bits per heavy atom. The van der Waals surface area contributed by atoms with Crippen molar-refractivity contribution >= 4 is 34.1 Å². The van der Waals surface area contributed by atoms with Crippen LogP contribution in [0.5, 0.6) is 0 Å². The molecular formula is C13H19N5OS2. The van der Waals surface area contributed by atoms with Gasteiger partial charge < -0.3 is 9.88 Å². The summed E-state index contributed by atoms with van der Waals surface area (Å²) >= 11 is 2.81. The summed E-state index contributed by atoms with van der Waals surface area (Å²) in [5.74, 6) is 1.03. The fraction of sp³-hybridized carbons (Fsp3) is 0.538. The molecule has 0 spiro atoms. The maximum Gasteiger partial charge on any atom is 0.236 e. The molecule has 0 atom stereocenters. The van der Waals surface area contributed by atoms with Crippen LogP contribution in [0.4, 0.5) is 5.13 Å². The first-order chi connectivity index (χ1) is 9.77. The predicted octanol–water partition coefficient (Wildman–Crippen LogP) is 2.61. The van der Waals surface area contributed by atoms with Crippen LogP contribution in [0, 0.1) is 6.92 Å². The Morgan fingerprint density at radius 1 is 1.43 bits per heavy atom. The largest absolute Gasteiger partial charge is 0.309 e. The van der Waals surface area contributed by atoms with Crippen molar-refractivity contribution in [1.29, 1.82) is 0 Å². The third-order valence-corrected chi connectivity index (χ3v) is 4.68. The summed E-state index contributed by atoms with van der Waals surface area (Å²) in [6.07, 6.45) is 0. The van der Waals surface area contributed by atoms with Crippen LogP contribution in [0.15, 0.2) is 10.5 Å². The molecule has 8 heteroatoms. The van der Waals surface area contributed by atoms with E-state index in [9.17, 15) is 4.79 Å². The molecule has 1 amide bonds. The first kappa shape index (κ1) is 16.0. The number of nitrogens with zero attached hydrogens (tertiary/aromatic N) is 4. The van der Waals surface area contributed by atoms with Gasteiger partial charge >= 0.3 is 0 Å². The molecule has 0 saturated heterocycles. The topological polar surface area (TPSA) is 72.7 Å². The van der Waals surface area contributed by atoms with E-state index in [0.717, 1.165) is 16.7 Å². The van der Waals surface area contributed by atoms with Gasteiger partial charge in [-0.05, 0) is 6.92 Å². The Hall–Kier alpha value is -1.41. The maximum atomic E-state index is 11.9. The number of aromatic nitrogens is 4. The zero-order valence-corrected chi connectivity index (χ0v) is 14.4. The molecule has 0 bridgehead atoms. The van der Waals surface area contributed by atoms with Crippen molar-refractivity contribution in [3.8, 4) is 0 Å². The Bertz CT molecular complexity index is 641. The number of carbonyl (C=O) groups excluding carboxylic acids is 1. The van der Waals surface area contributed by atoms with Crippen molar-refractivity contribution < 1.29 is 4.79 Å². The number of thiazole rings is 1. The lowest BCUT2D eigenvalue weighted by atomic mass is 9.93. The number of hydrogen-bond donors (Lipinski definition) is 1. The first-order valence-corrected chi connectivity index (χ1v) is 8.38. The van der Waals surface area contributed by atoms with Crippen molar-refractivity contribution in [3.05, 3.63) is 16.9 Å². The average Bonchev–Trinajstić information content (AvgIpc) is 2.96. The highest BCUT2D eigenvalue weighted by molar-refractivity contribution is 7.99. The molecule has 2 aromatic rings. The monoisotopic (exact) mass is 325 g/mol. The lowest BCUT2D eigenvalue weighted by Gasteiger charge is -2.14. The molecule has 2 rings (SSSR count). The zero-order chi connectivity index (χ0) is 15.6. The van der Waals surface area contributed by atoms with Gasteiger partial charge in [-0.3, -0.25) is 4.79 Å². The number of carbonyl (C=O) groups is 1. The minimum absolute atomic E-state index is 0.00954. The van der Waals surface area contributed by atoms with E-state index >= 15 is 0 Å². The Kier molecular flexibility index (Phi) is 4.67. The van der Waals surface area contributed by atoms with E-state index in [0.29, 0.717) is 5.13 Å². The molecule has 21 heavy (non-hydrogen) atoms. The Balaban J connectivity index is 1.90. The molecule has 2 aromatic heterocycles. The maximum absolute atomic E-state index is 11.9. The minimum atomic E-state index is -0.0875. The Labute approximate surface area is 132 Å². The van der Waals surface area contributed by atoms with E-state index in [4.69, 9.17) is 0 Å². The van der Waals surface area contributed by atoms with Gasteiger partial charge in [-0.25, -0.2) is 4.98 Å². The zero-order valence-electron chi connectivity index (χ0n) is 12.8. The molecule has 0 aliphatic heterocycles. The molecule has 2 heterocycles.